The fraction of sp³-hybridized carbons (Fsp3) is 0.483. The molecular formula is C29H37NO5Y79. The van der Waals surface area contributed by atoms with Crippen molar-refractivity contribution in [2.24, 2.45) is 11.8 Å². The number of unbranched alkanes of at least 4 members (excludes halogenated alkanes) is 5. The van der Waals surface area contributed by atoms with Gasteiger partial charge in [-0.15, -0.1) is 0 Å². The van der Waals surface area contributed by atoms with E-state index in [0.29, 0.717) is 23.1 Å². The summed E-state index contributed by atoms with van der Waals surface area (Å²) in [5, 5.41) is 13.4. The number of aliphatic hydroxyl groups is 1. The Balaban J connectivity index is -0.00000000231. The maximum absolute atomic E-state index is 12.3. The van der Waals surface area contributed by atoms with E-state index in [4.69, 9.17) is 4.42 Å². The fourth-order valence-corrected chi connectivity index (χ4v) is 4.53. The van der Waals surface area contributed by atoms with Crippen molar-refractivity contribution < 1.29 is 2600 Å². The van der Waals surface area contributed by atoms with Gasteiger partial charge >= 0.3 is 0 Å². The first-order chi connectivity index (χ1) is 17.0. The number of hydrogen-bond donors (Lipinski definition) is 2. The van der Waals surface area contributed by atoms with E-state index in [1.807, 2.05) is 18.2 Å². The van der Waals surface area contributed by atoms with Crippen LogP contribution in [0.4, 0.5) is 5.69 Å². The molecule has 2 N–H and O–H groups in total. The molecule has 1 amide bonds. The topological polar surface area (TPSA) is 96.6 Å². The second kappa shape index (κ2) is 434. The van der Waals surface area contributed by atoms with Gasteiger partial charge in [0.15, 0.2) is 11.2 Å². The largest absolute Gasteiger partial charge is 0.464 e. The summed E-state index contributed by atoms with van der Waals surface area (Å²) in [5.74, 6) is 0.118. The van der Waals surface area contributed by atoms with Crippen molar-refractivity contribution >= 4 is 28.3 Å². The molecule has 1 aliphatic carbocycles. The van der Waals surface area contributed by atoms with Crippen LogP contribution < -0.4 is 10.7 Å². The Morgan fingerprint density at radius 1 is 0.351 bits per heavy atom. The number of fused-ring (bicyclic) bond motifs is 1. The minimum atomic E-state index is -0.440. The maximum atomic E-state index is 12.3. The van der Waals surface area contributed by atoms with Gasteiger partial charge in [-0.2, -0.15) is 0 Å². The number of allylic oxidation sites excluding steroid dienone is 3. The van der Waals surface area contributed by atoms with Gasteiger partial charge in [0, 0.05) is 2610 Å². The third-order valence-electron chi connectivity index (χ3n) is 6.58. The summed E-state index contributed by atoms with van der Waals surface area (Å²) in [5.41, 5.74) is 0.939. The van der Waals surface area contributed by atoms with Gasteiger partial charge < -0.3 is 14.8 Å². The second-order valence-corrected chi connectivity index (χ2v) is 9.39. The zero-order chi connectivity index (χ0) is 25.0. The van der Waals surface area contributed by atoms with E-state index in [-0.39, 0.29) is 2610 Å². The number of benzene rings is 1. The van der Waals surface area contributed by atoms with E-state index in [2.05, 4.69) is 12.2 Å². The van der Waals surface area contributed by atoms with Crippen LogP contribution in [0.25, 0.3) is 11.0 Å². The van der Waals surface area contributed by atoms with Crippen LogP contribution in [0.5, 0.6) is 0 Å². The molecule has 0 aliphatic heterocycles. The first-order valence-electron chi connectivity index (χ1n) is 12.9. The van der Waals surface area contributed by atoms with E-state index in [0.717, 1.165) is 57.8 Å². The third-order valence-corrected chi connectivity index (χ3v) is 6.58. The van der Waals surface area contributed by atoms with Crippen molar-refractivity contribution in [1.29, 1.82) is 0 Å². The molecule has 1 aliphatic rings. The average molecular weight is 7500 g/mol. The van der Waals surface area contributed by atoms with Crippen LogP contribution in [0.1, 0.15) is 71.1 Å². The molecule has 0 fully saturated rings. The van der Waals surface area contributed by atoms with Crippen LogP contribution >= 0.6 is 0 Å². The van der Waals surface area contributed by atoms with Crippen LogP contribution in [0.2, 0.25) is 0 Å². The Bertz CT molecular complexity index is 1200. The van der Waals surface area contributed by atoms with Crippen molar-refractivity contribution in [3.8, 4) is 0 Å². The molecule has 425 valence electrons. The summed E-state index contributed by atoms with van der Waals surface area (Å²) in [7, 11) is 0. The van der Waals surface area contributed by atoms with Gasteiger partial charge in [-0.3, -0.25) is 14.4 Å². The molecule has 0 saturated carbocycles. The zero-order valence-corrected chi connectivity index (χ0v) is 290. The number of carbonyl (C=O) groups is 2. The zero-order valence-electron chi connectivity index (χ0n) is 66.2. The van der Waals surface area contributed by atoms with Crippen LogP contribution in [0.15, 0.2) is 64.0 Å². The SMILES string of the molecule is CCCCC[C@H](O)/C=C/[C@H]1C=CC(=O)[C@@H]1CCCCCCC(=O)Nc1ccc2occc(=O)c2c1.[Y].[Y].[Y].[Y].[Y].[Y].[Y].[Y].[Y].[Y].[Y].[Y].[Y].[Y].[Y].[Y].[Y].[Y].[Y].[Y].[Y].[Y].[Y].[Y].[Y].[Y].[Y].[Y].[Y].[Y].[Y].[Y].[Y].[Y].[Y].[Y].[Y].[Y].[Y].[Y].[Y].[Y].[Y].[Y].[Y].[Y].[Y].[Y].[Y].[Y].[Y].[Y].[Y].[Y].[Y].[Y].[Y].[Y].[Y].[Y].[Y].[Y].[Y].[Y].[Y].[Y].[Y].[Y].[Y].[Y].[Y].[Y].[Y].[Y].[Y].[Y].[Y].[Y].[Y]. The van der Waals surface area contributed by atoms with Crippen LogP contribution in [0.3, 0.4) is 0 Å². The molecule has 6 nitrogen and oxygen atoms in total. The van der Waals surface area contributed by atoms with E-state index >= 15 is 0 Å². The Labute approximate surface area is 2690 Å². The summed E-state index contributed by atoms with van der Waals surface area (Å²) in [4.78, 5) is 36.5. The number of hydrogen-bond acceptors (Lipinski definition) is 5. The van der Waals surface area contributed by atoms with Gasteiger partial charge in [-0.05, 0) is 43.5 Å². The molecule has 0 spiro atoms. The monoisotopic (exact) mass is 7500 g/mol. The Kier molecular flexibility index (Phi) is 2000. The van der Waals surface area contributed by atoms with E-state index in [1.165, 1.54) is 12.3 Å². The molecule has 1 aromatic heterocycles. The van der Waals surface area contributed by atoms with Gasteiger partial charge in [0.25, 0.3) is 0 Å². The number of carbonyl (C=O) groups excluding carboxylic acids is 2. The molecule has 0 saturated heterocycles. The number of aliphatic hydroxyl groups excluding tert-OH is 1. The van der Waals surface area contributed by atoms with Crippen LogP contribution in [-0.2, 0) is 2590 Å². The van der Waals surface area contributed by atoms with Crippen molar-refractivity contribution in [3.63, 3.8) is 0 Å². The number of rotatable bonds is 14. The molecule has 0 unspecified atom stereocenters. The maximum Gasteiger partial charge on any atom is 0.224 e. The molecule has 85 heteroatoms. The van der Waals surface area contributed by atoms with Gasteiger partial charge in [0.2, 0.25) is 5.91 Å². The van der Waals surface area contributed by atoms with E-state index in [1.54, 1.807) is 24.3 Å². The summed E-state index contributed by atoms with van der Waals surface area (Å²) in [6.45, 7) is 2.14. The normalized spacial score (nSPS) is 5.68. The number of amides is 1. The Hall–Kier alpha value is 84.2. The van der Waals surface area contributed by atoms with E-state index in [9.17, 15) is 19.5 Å². The van der Waals surface area contributed by atoms with Gasteiger partial charge in [-0.1, -0.05) is 63.7 Å². The van der Waals surface area contributed by atoms with E-state index < -0.39 is 6.10 Å². The summed E-state index contributed by atoms with van der Waals surface area (Å²) in [6.07, 6.45) is 17.2. The first kappa shape index (κ1) is 525. The van der Waals surface area contributed by atoms with Crippen molar-refractivity contribution in [2.75, 3.05) is 5.32 Å². The van der Waals surface area contributed by atoms with Gasteiger partial charge in [0.1, 0.15) is 5.58 Å². The Morgan fingerprint density at radius 2 is 0.605 bits per heavy atom. The number of anilines is 1. The van der Waals surface area contributed by atoms with Crippen molar-refractivity contribution in [1.82, 2.24) is 0 Å². The molecule has 114 heavy (non-hydrogen) atoms. The van der Waals surface area contributed by atoms with Gasteiger partial charge in [-0.25, -0.2) is 0 Å². The quantitative estimate of drug-likeness (QED) is 0.186. The van der Waals surface area contributed by atoms with Gasteiger partial charge in [0.05, 0.1) is 17.8 Å². The predicted molar refractivity (Wildman–Crippen MR) is 139 cm³/mol. The molecular weight excluding hydrogens is 7470 g/mol. The predicted octanol–water partition coefficient (Wildman–Crippen LogP) is 5.74. The molecule has 1 aromatic carbocycles. The first-order valence-corrected chi connectivity index (χ1v) is 12.9. The molecule has 3 atom stereocenters. The number of nitrogens with one attached hydrogen (secondary N) is 1. The van der Waals surface area contributed by atoms with Crippen molar-refractivity contribution in [2.45, 2.75) is 77.2 Å². The van der Waals surface area contributed by atoms with Crippen LogP contribution in [-0.4, -0.2) is 22.9 Å². The van der Waals surface area contributed by atoms with Crippen molar-refractivity contribution in [3.05, 3.63) is 65.1 Å². The smallest absolute Gasteiger partial charge is 0.224 e. The molecule has 0 bridgehead atoms. The molecule has 3 rings (SSSR count). The number of ketones is 1. The average Bonchev–Trinajstić information content (AvgIpc) is 3.20. The summed E-state index contributed by atoms with van der Waals surface area (Å²) >= 11 is 0. The standard InChI is InChI=1S/C29H37NO5.79Y/c1-2-3-6-9-23(31)15-12-21-13-16-26(32)24(21)10-7-4-5-8-11-29(34)30-22-14-17-28-25(20-22)27(33)18-19-35-28;;;;;;;;;;;;;;;;;;;;;;;;;;;;;;;;;;;;;;;;;;;;;;;;;;;;;;;;;;;;;;;;;;;;;;;;;;;;;;;/h12-21,23-24,31H,2-11H2,1H3,(H,30,34);;;;;;;;;;;;;;;;;;;;;;;;;;;;;;;;;;;;;;;;;;;;;;;;;;;;;;;;;;;;;;;;;;;;;;;;;;;;;;;/b15-12+;;;;;;;;;;;;;;;;;;;;;;;;;;;;;;;;;;;;;;;;;;;;;;;;;;;;;;;;;;;;;;;;;;;;;;;;;;;;;;;/t21-,23-,24+;;;;;;;;;;;;;;;;;;;;;;;;;;;;;;;;;;;;;;;;;;;;;;;;;;;;;;;;;;;;;;;;;;;;;;;;;;;;;;;/m0.............................................................................../s1. The molecule has 1 heterocycles. The summed E-state index contributed by atoms with van der Waals surface area (Å²) in [6, 6.07) is 6.41. The van der Waals surface area contributed by atoms with Crippen LogP contribution in [0, 0.1) is 11.8 Å². The molecule has 79 radical (unpaired) electrons. The second-order valence-electron chi connectivity index (χ2n) is 9.39. The molecule has 2 aromatic rings. The fourth-order valence-electron chi connectivity index (χ4n) is 4.53. The Morgan fingerprint density at radius 3 is 0.860 bits per heavy atom. The minimum Gasteiger partial charge on any atom is -0.464 e. The third kappa shape index (κ3) is 365. The minimum absolute atomic E-state index is 0. The summed E-state index contributed by atoms with van der Waals surface area (Å²) < 4.78 is 5.29.